The number of carbonyl (C=O) groups excluding carboxylic acids is 1. The van der Waals surface area contributed by atoms with Crippen LogP contribution < -0.4 is 0 Å². The minimum absolute atomic E-state index is 0.0171. The second-order valence-electron chi connectivity index (χ2n) is 6.79. The highest BCUT2D eigenvalue weighted by molar-refractivity contribution is 5.82. The van der Waals surface area contributed by atoms with Crippen molar-refractivity contribution in [3.05, 3.63) is 10.1 Å². The number of hydrogen-bond acceptors (Lipinski definition) is 3. The molecule has 0 bridgehead atoms. The number of likely N-dealkylation sites (tertiary alicyclic amines) is 1. The quantitative estimate of drug-likeness (QED) is 0.572. The van der Waals surface area contributed by atoms with Crippen LogP contribution in [0.15, 0.2) is 0 Å². The van der Waals surface area contributed by atoms with Gasteiger partial charge in [-0.3, -0.25) is 14.9 Å². The zero-order valence-corrected chi connectivity index (χ0v) is 11.4. The molecule has 1 saturated carbocycles. The molecule has 1 aliphatic carbocycles. The molecule has 3 atom stereocenters. The Kier molecular flexibility index (Phi) is 3.34. The van der Waals surface area contributed by atoms with Gasteiger partial charge in [-0.2, -0.15) is 0 Å². The van der Waals surface area contributed by atoms with E-state index in [2.05, 4.69) is 20.8 Å². The molecule has 0 aromatic carbocycles. The minimum Gasteiger partial charge on any atom is -0.339 e. The molecule has 1 saturated heterocycles. The Morgan fingerprint density at radius 3 is 2.61 bits per heavy atom. The van der Waals surface area contributed by atoms with Gasteiger partial charge in [0.05, 0.1) is 0 Å². The summed E-state index contributed by atoms with van der Waals surface area (Å²) in [6.45, 7) is 7.29. The summed E-state index contributed by atoms with van der Waals surface area (Å²) in [5.41, 5.74) is 0.194. The Hall–Kier alpha value is -1.13. The first-order chi connectivity index (χ1) is 8.29. The van der Waals surface area contributed by atoms with Crippen molar-refractivity contribution in [2.45, 2.75) is 58.5 Å². The summed E-state index contributed by atoms with van der Waals surface area (Å²) < 4.78 is 0. The van der Waals surface area contributed by atoms with Crippen molar-refractivity contribution in [2.75, 3.05) is 6.54 Å². The van der Waals surface area contributed by atoms with Gasteiger partial charge in [-0.1, -0.05) is 20.8 Å². The van der Waals surface area contributed by atoms with E-state index in [-0.39, 0.29) is 28.2 Å². The number of nitrogens with zero attached hydrogens (tertiary/aromatic N) is 2. The Morgan fingerprint density at radius 2 is 2.11 bits per heavy atom. The summed E-state index contributed by atoms with van der Waals surface area (Å²) in [6.07, 6.45) is 3.49. The van der Waals surface area contributed by atoms with Crippen LogP contribution in [-0.4, -0.2) is 34.4 Å². The number of carbonyl (C=O) groups is 1. The maximum atomic E-state index is 12.2. The van der Waals surface area contributed by atoms with Crippen LogP contribution in [0.4, 0.5) is 0 Å². The third-order valence-electron chi connectivity index (χ3n) is 3.85. The maximum absolute atomic E-state index is 12.2. The molecule has 5 nitrogen and oxygen atoms in total. The molecule has 0 aromatic heterocycles. The Bertz CT molecular complexity index is 362. The summed E-state index contributed by atoms with van der Waals surface area (Å²) >= 11 is 0. The van der Waals surface area contributed by atoms with Crippen LogP contribution in [0.1, 0.15) is 46.5 Å². The van der Waals surface area contributed by atoms with Crippen LogP contribution in [0.25, 0.3) is 0 Å². The molecule has 0 radical (unpaired) electrons. The monoisotopic (exact) mass is 254 g/mol. The molecule has 0 N–H and O–H groups in total. The lowest BCUT2D eigenvalue weighted by molar-refractivity contribution is -0.497. The molecule has 0 aromatic rings. The number of amides is 1. The van der Waals surface area contributed by atoms with Gasteiger partial charge >= 0.3 is 0 Å². The van der Waals surface area contributed by atoms with Gasteiger partial charge in [0.2, 0.25) is 11.9 Å². The molecule has 1 heterocycles. The van der Waals surface area contributed by atoms with Gasteiger partial charge in [0, 0.05) is 23.9 Å². The first kappa shape index (κ1) is 13.3. The average Bonchev–Trinajstić information content (AvgIpc) is 2.91. The molecule has 2 rings (SSSR count). The third kappa shape index (κ3) is 2.82. The van der Waals surface area contributed by atoms with Crippen molar-refractivity contribution >= 4 is 5.91 Å². The molecular weight excluding hydrogens is 232 g/mol. The molecule has 2 fully saturated rings. The van der Waals surface area contributed by atoms with E-state index in [9.17, 15) is 14.9 Å². The van der Waals surface area contributed by atoms with Crippen LogP contribution in [0.2, 0.25) is 0 Å². The first-order valence-electron chi connectivity index (χ1n) is 6.73. The summed E-state index contributed by atoms with van der Waals surface area (Å²) in [5, 5.41) is 10.6. The maximum Gasteiger partial charge on any atom is 0.233 e. The van der Waals surface area contributed by atoms with Gasteiger partial charge in [-0.25, -0.2) is 0 Å². The standard InChI is InChI=1S/C13H22N2O3/c1-13(2,3)8-9-5-4-6-14(9)12(16)10-7-11(10)15(17)18/h9-11H,4-8H2,1-3H3/t9-,10-,11-/m0/s1. The molecule has 5 heteroatoms. The third-order valence-corrected chi connectivity index (χ3v) is 3.85. The Morgan fingerprint density at radius 1 is 1.44 bits per heavy atom. The fraction of sp³-hybridized carbons (Fsp3) is 0.923. The van der Waals surface area contributed by atoms with E-state index in [1.807, 2.05) is 4.90 Å². The van der Waals surface area contributed by atoms with Crippen molar-refractivity contribution in [1.29, 1.82) is 0 Å². The van der Waals surface area contributed by atoms with Crippen molar-refractivity contribution in [1.82, 2.24) is 4.90 Å². The van der Waals surface area contributed by atoms with E-state index in [1.165, 1.54) is 0 Å². The topological polar surface area (TPSA) is 63.5 Å². The fourth-order valence-corrected chi connectivity index (χ4v) is 2.94. The smallest absolute Gasteiger partial charge is 0.233 e. The van der Waals surface area contributed by atoms with Gasteiger partial charge in [-0.05, 0) is 24.7 Å². The molecule has 0 spiro atoms. The van der Waals surface area contributed by atoms with Crippen molar-refractivity contribution in [3.8, 4) is 0 Å². The van der Waals surface area contributed by atoms with Gasteiger partial charge in [0.15, 0.2) is 0 Å². The van der Waals surface area contributed by atoms with E-state index >= 15 is 0 Å². The zero-order chi connectivity index (χ0) is 13.5. The highest BCUT2D eigenvalue weighted by Gasteiger charge is 2.55. The van der Waals surface area contributed by atoms with Crippen LogP contribution >= 0.6 is 0 Å². The average molecular weight is 254 g/mol. The van der Waals surface area contributed by atoms with E-state index < -0.39 is 6.04 Å². The Labute approximate surface area is 108 Å². The first-order valence-corrected chi connectivity index (χ1v) is 6.73. The van der Waals surface area contributed by atoms with Crippen LogP contribution in [0.3, 0.4) is 0 Å². The highest BCUT2D eigenvalue weighted by atomic mass is 16.6. The van der Waals surface area contributed by atoms with Crippen molar-refractivity contribution in [2.24, 2.45) is 11.3 Å². The summed E-state index contributed by atoms with van der Waals surface area (Å²) in [5.74, 6) is -0.330. The van der Waals surface area contributed by atoms with E-state index in [1.54, 1.807) is 0 Å². The lowest BCUT2D eigenvalue weighted by Gasteiger charge is -2.30. The Balaban J connectivity index is 1.96. The second-order valence-corrected chi connectivity index (χ2v) is 6.79. The predicted octanol–water partition coefficient (Wildman–Crippen LogP) is 2.08. The van der Waals surface area contributed by atoms with E-state index in [0.29, 0.717) is 6.42 Å². The molecule has 0 unspecified atom stereocenters. The minimum atomic E-state index is -0.617. The summed E-state index contributed by atoms with van der Waals surface area (Å²) in [6, 6.07) is -0.334. The molecule has 1 aliphatic heterocycles. The van der Waals surface area contributed by atoms with E-state index in [0.717, 1.165) is 25.8 Å². The largest absolute Gasteiger partial charge is 0.339 e. The van der Waals surface area contributed by atoms with Gasteiger partial charge in [0.1, 0.15) is 5.92 Å². The van der Waals surface area contributed by atoms with Crippen molar-refractivity contribution in [3.63, 3.8) is 0 Å². The van der Waals surface area contributed by atoms with Crippen LogP contribution in [0.5, 0.6) is 0 Å². The van der Waals surface area contributed by atoms with E-state index in [4.69, 9.17) is 0 Å². The summed E-state index contributed by atoms with van der Waals surface area (Å²) in [4.78, 5) is 24.5. The fourth-order valence-electron chi connectivity index (χ4n) is 2.94. The lowest BCUT2D eigenvalue weighted by atomic mass is 9.87. The molecular formula is C13H22N2O3. The molecule has 2 aliphatic rings. The molecule has 1 amide bonds. The molecule has 18 heavy (non-hydrogen) atoms. The normalized spacial score (nSPS) is 31.5. The number of hydrogen-bond donors (Lipinski definition) is 0. The lowest BCUT2D eigenvalue weighted by Crippen LogP contribution is -2.39. The van der Waals surface area contributed by atoms with Gasteiger partial charge in [0.25, 0.3) is 0 Å². The summed E-state index contributed by atoms with van der Waals surface area (Å²) in [7, 11) is 0. The van der Waals surface area contributed by atoms with Crippen LogP contribution in [-0.2, 0) is 4.79 Å². The molecule has 102 valence electrons. The number of rotatable bonds is 3. The second kappa shape index (κ2) is 4.52. The van der Waals surface area contributed by atoms with Crippen LogP contribution in [0, 0.1) is 21.4 Å². The highest BCUT2D eigenvalue weighted by Crippen LogP contribution is 2.38. The van der Waals surface area contributed by atoms with Crippen molar-refractivity contribution < 1.29 is 9.72 Å². The number of nitro groups is 1. The predicted molar refractivity (Wildman–Crippen MR) is 67.7 cm³/mol. The SMILES string of the molecule is CC(C)(C)C[C@@H]1CCCN1C(=O)[C@H]1C[C@@H]1[N+](=O)[O-]. The van der Waals surface area contributed by atoms with Gasteiger partial charge in [-0.15, -0.1) is 0 Å². The van der Waals surface area contributed by atoms with Gasteiger partial charge < -0.3 is 4.90 Å². The zero-order valence-electron chi connectivity index (χ0n) is 11.4.